The number of unbranched alkanes of at least 4 members (excludes halogenated alkanes) is 1. The molecular formula is C15H20Cl2Zr. The summed E-state index contributed by atoms with van der Waals surface area (Å²) in [7, 11) is 0. The van der Waals surface area contributed by atoms with E-state index in [1.165, 1.54) is 32.1 Å². The smallest absolute Gasteiger partial charge is 1.00 e. The van der Waals surface area contributed by atoms with Crippen molar-refractivity contribution in [3.05, 3.63) is 42.0 Å². The molecule has 0 saturated heterocycles. The van der Waals surface area contributed by atoms with E-state index < -0.39 is 23.2 Å². The third-order valence-electron chi connectivity index (χ3n) is 3.37. The van der Waals surface area contributed by atoms with Crippen LogP contribution in [-0.4, -0.2) is 0 Å². The van der Waals surface area contributed by atoms with E-state index in [9.17, 15) is 0 Å². The second-order valence-electron chi connectivity index (χ2n) is 4.59. The molecule has 0 saturated carbocycles. The van der Waals surface area contributed by atoms with Crippen LogP contribution in [-0.2, 0) is 23.2 Å². The summed E-state index contributed by atoms with van der Waals surface area (Å²) in [5.74, 6) is 0. The fraction of sp³-hybridized carbons (Fsp3) is 0.467. The van der Waals surface area contributed by atoms with E-state index in [0.29, 0.717) is 0 Å². The Hall–Kier alpha value is 0.423. The number of hydrogen-bond acceptors (Lipinski definition) is 0. The first-order valence-corrected chi connectivity index (χ1v) is 8.79. The predicted molar refractivity (Wildman–Crippen MR) is 66.8 cm³/mol. The summed E-state index contributed by atoms with van der Waals surface area (Å²) in [5, 5.41) is 0. The van der Waals surface area contributed by atoms with E-state index in [0.717, 1.165) is 0 Å². The third kappa shape index (κ3) is 4.84. The fourth-order valence-corrected chi connectivity index (χ4v) is 5.55. The van der Waals surface area contributed by atoms with Crippen molar-refractivity contribution in [3.8, 4) is 0 Å². The van der Waals surface area contributed by atoms with E-state index in [1.807, 2.05) is 3.28 Å². The first-order valence-electron chi connectivity index (χ1n) is 6.33. The zero-order valence-corrected chi connectivity index (χ0v) is 15.1. The molecule has 0 aromatic carbocycles. The Bertz CT molecular complexity index is 389. The summed E-state index contributed by atoms with van der Waals surface area (Å²) in [4.78, 5) is 0. The molecule has 0 fully saturated rings. The van der Waals surface area contributed by atoms with Crippen LogP contribution in [0, 0.1) is 0 Å². The third-order valence-corrected chi connectivity index (χ3v) is 7.24. The molecule has 0 amide bonds. The number of halogens is 2. The van der Waals surface area contributed by atoms with Gasteiger partial charge in [0, 0.05) is 0 Å². The van der Waals surface area contributed by atoms with Gasteiger partial charge in [0.15, 0.2) is 0 Å². The Kier molecular flexibility index (Phi) is 9.57. The van der Waals surface area contributed by atoms with Crippen molar-refractivity contribution < 1.29 is 48.0 Å². The number of hydrogen-bond donors (Lipinski definition) is 0. The van der Waals surface area contributed by atoms with Gasteiger partial charge in [-0.1, -0.05) is 0 Å². The molecule has 0 aromatic rings. The normalized spacial score (nSPS) is 16.8. The topological polar surface area (TPSA) is 0 Å². The summed E-state index contributed by atoms with van der Waals surface area (Å²) in [6.07, 6.45) is 15.9. The molecule has 98 valence electrons. The number of rotatable bonds is 5. The Morgan fingerprint density at radius 3 is 2.61 bits per heavy atom. The first kappa shape index (κ1) is 18.4. The molecule has 2 rings (SSSR count). The molecular weight excluding hydrogens is 342 g/mol. The van der Waals surface area contributed by atoms with Crippen LogP contribution in [0.1, 0.15) is 46.0 Å². The van der Waals surface area contributed by atoms with Crippen molar-refractivity contribution in [2.45, 2.75) is 46.0 Å². The summed E-state index contributed by atoms with van der Waals surface area (Å²) in [5.41, 5.74) is 3.32. The Morgan fingerprint density at radius 1 is 1.22 bits per heavy atom. The molecule has 0 atom stereocenters. The van der Waals surface area contributed by atoms with Crippen molar-refractivity contribution >= 4 is 0 Å². The van der Waals surface area contributed by atoms with Crippen molar-refractivity contribution in [2.75, 3.05) is 0 Å². The molecule has 2 aliphatic carbocycles. The van der Waals surface area contributed by atoms with Gasteiger partial charge in [0.25, 0.3) is 0 Å². The van der Waals surface area contributed by atoms with Crippen LogP contribution in [0.15, 0.2) is 42.0 Å². The molecule has 0 unspecified atom stereocenters. The molecule has 3 heteroatoms. The minimum absolute atomic E-state index is 0. The molecule has 0 N–H and O–H groups in total. The Balaban J connectivity index is 0.00000144. The second-order valence-corrected chi connectivity index (χ2v) is 8.27. The monoisotopic (exact) mass is 360 g/mol. The summed E-state index contributed by atoms with van der Waals surface area (Å²) in [6, 6.07) is 0. The van der Waals surface area contributed by atoms with Crippen molar-refractivity contribution in [3.63, 3.8) is 0 Å². The molecule has 0 bridgehead atoms. The predicted octanol–water partition coefficient (Wildman–Crippen LogP) is -1.28. The summed E-state index contributed by atoms with van der Waals surface area (Å²) < 4.78 is 3.58. The average molecular weight is 362 g/mol. The molecule has 0 heterocycles. The molecule has 18 heavy (non-hydrogen) atoms. The van der Waals surface area contributed by atoms with Gasteiger partial charge < -0.3 is 24.8 Å². The van der Waals surface area contributed by atoms with Gasteiger partial charge in [-0.3, -0.25) is 0 Å². The molecule has 0 aliphatic heterocycles. The standard InChI is InChI=1S/C10H15.C5H5.2ClH.Zr/c1-3-4-7-10-8-5-6-9(10)2;1-2-4-5-3-1;;;/h8H,3-5,7H2,1-2H3;1-3H,4H2;2*1H;/q;;;;+2/p-2. The van der Waals surface area contributed by atoms with Crippen molar-refractivity contribution in [1.82, 2.24) is 0 Å². The van der Waals surface area contributed by atoms with Gasteiger partial charge in [0.1, 0.15) is 0 Å². The molecule has 0 radical (unpaired) electrons. The maximum atomic E-state index is 2.49. The first-order chi connectivity index (χ1) is 7.81. The van der Waals surface area contributed by atoms with Gasteiger partial charge in [-0.2, -0.15) is 0 Å². The van der Waals surface area contributed by atoms with E-state index >= 15 is 0 Å². The van der Waals surface area contributed by atoms with E-state index in [-0.39, 0.29) is 24.8 Å². The molecule has 0 nitrogen and oxygen atoms in total. The Morgan fingerprint density at radius 2 is 2.00 bits per heavy atom. The largest absolute Gasteiger partial charge is 1.00 e. The Labute approximate surface area is 135 Å². The SMILES string of the molecule is CCCCC1=CC[C]([Zr+2][C]2=CC=CC2)=C1C.[Cl-].[Cl-]. The quantitative estimate of drug-likeness (QED) is 0.571. The van der Waals surface area contributed by atoms with Gasteiger partial charge in [0.05, 0.1) is 0 Å². The zero-order chi connectivity index (χ0) is 11.4. The minimum Gasteiger partial charge on any atom is -1.00 e. The zero-order valence-electron chi connectivity index (χ0n) is 11.1. The van der Waals surface area contributed by atoms with Crippen LogP contribution >= 0.6 is 0 Å². The van der Waals surface area contributed by atoms with Crippen LogP contribution in [0.4, 0.5) is 0 Å². The molecule has 2 aliphatic rings. The number of allylic oxidation sites excluding steroid dienone is 8. The van der Waals surface area contributed by atoms with Crippen LogP contribution in [0.5, 0.6) is 0 Å². The van der Waals surface area contributed by atoms with Crippen LogP contribution in [0.3, 0.4) is 0 Å². The van der Waals surface area contributed by atoms with Gasteiger partial charge in [-0.05, 0) is 0 Å². The van der Waals surface area contributed by atoms with E-state index in [1.54, 1.807) is 14.4 Å². The van der Waals surface area contributed by atoms with Gasteiger partial charge in [-0.25, -0.2) is 0 Å². The second kappa shape index (κ2) is 9.35. The maximum Gasteiger partial charge on any atom is -1.00 e. The van der Waals surface area contributed by atoms with Crippen molar-refractivity contribution in [2.24, 2.45) is 0 Å². The minimum atomic E-state index is -0.406. The maximum absolute atomic E-state index is 2.49. The van der Waals surface area contributed by atoms with Crippen LogP contribution in [0.25, 0.3) is 0 Å². The van der Waals surface area contributed by atoms with Gasteiger partial charge >= 0.3 is 111 Å². The molecule has 0 aromatic heterocycles. The molecule has 0 spiro atoms. The summed E-state index contributed by atoms with van der Waals surface area (Å²) in [6.45, 7) is 4.63. The van der Waals surface area contributed by atoms with Crippen molar-refractivity contribution in [1.29, 1.82) is 0 Å². The van der Waals surface area contributed by atoms with Crippen LogP contribution in [0.2, 0.25) is 0 Å². The van der Waals surface area contributed by atoms with E-state index in [2.05, 4.69) is 38.2 Å². The van der Waals surface area contributed by atoms with E-state index in [4.69, 9.17) is 0 Å². The van der Waals surface area contributed by atoms with Gasteiger partial charge in [-0.15, -0.1) is 0 Å². The average Bonchev–Trinajstić information content (AvgIpc) is 2.89. The fourth-order valence-electron chi connectivity index (χ4n) is 2.26. The van der Waals surface area contributed by atoms with Gasteiger partial charge in [0.2, 0.25) is 0 Å². The van der Waals surface area contributed by atoms with Crippen LogP contribution < -0.4 is 24.8 Å². The summed E-state index contributed by atoms with van der Waals surface area (Å²) >= 11 is -0.406.